The Labute approximate surface area is 98.2 Å². The highest BCUT2D eigenvalue weighted by atomic mass is 16.4. The molecule has 0 aliphatic rings. The second kappa shape index (κ2) is 9.37. The van der Waals surface area contributed by atoms with Crippen LogP contribution in [0.25, 0.3) is 0 Å². The third-order valence-electron chi connectivity index (χ3n) is 3.09. The Hall–Kier alpha value is -0.860. The molecule has 0 saturated heterocycles. The van der Waals surface area contributed by atoms with Crippen molar-refractivity contribution in [3.8, 4) is 0 Å². The van der Waals surface area contributed by atoms with Gasteiger partial charge in [0.25, 0.3) is 0 Å². The van der Waals surface area contributed by atoms with E-state index in [0.717, 1.165) is 38.4 Å². The second-order valence-electron chi connectivity index (χ2n) is 4.66. The van der Waals surface area contributed by atoms with Gasteiger partial charge in [0.1, 0.15) is 6.29 Å². The van der Waals surface area contributed by atoms with Crippen molar-refractivity contribution in [2.75, 3.05) is 0 Å². The predicted octanol–water partition coefficient (Wildman–Crippen LogP) is 3.27. The standard InChI is InChI=1S/C13H24O3/c1-3-12(8-9-14)7-5-4-6-11(2)10-13(15)16/h9,11-12H,3-8,10H2,1-2H3,(H,15,16). The van der Waals surface area contributed by atoms with Gasteiger partial charge in [-0.05, 0) is 11.8 Å². The monoisotopic (exact) mass is 228 g/mol. The van der Waals surface area contributed by atoms with Gasteiger partial charge in [-0.2, -0.15) is 0 Å². The number of carboxylic acids is 1. The highest BCUT2D eigenvalue weighted by Crippen LogP contribution is 2.18. The third-order valence-corrected chi connectivity index (χ3v) is 3.09. The summed E-state index contributed by atoms with van der Waals surface area (Å²) in [7, 11) is 0. The van der Waals surface area contributed by atoms with Gasteiger partial charge in [0.05, 0.1) is 0 Å². The molecule has 2 atom stereocenters. The first kappa shape index (κ1) is 15.1. The Morgan fingerprint density at radius 1 is 1.31 bits per heavy atom. The van der Waals surface area contributed by atoms with Crippen LogP contribution in [0.2, 0.25) is 0 Å². The first-order chi connectivity index (χ1) is 7.60. The molecular formula is C13H24O3. The first-order valence-electron chi connectivity index (χ1n) is 6.25. The van der Waals surface area contributed by atoms with Crippen LogP contribution in [0.15, 0.2) is 0 Å². The van der Waals surface area contributed by atoms with Crippen molar-refractivity contribution in [3.63, 3.8) is 0 Å². The Bertz CT molecular complexity index is 201. The minimum absolute atomic E-state index is 0.267. The number of carbonyl (C=O) groups is 2. The van der Waals surface area contributed by atoms with E-state index < -0.39 is 5.97 Å². The van der Waals surface area contributed by atoms with E-state index in [2.05, 4.69) is 6.92 Å². The molecule has 0 saturated carbocycles. The van der Waals surface area contributed by atoms with Crippen LogP contribution in [0.4, 0.5) is 0 Å². The average molecular weight is 228 g/mol. The maximum atomic E-state index is 10.4. The van der Waals surface area contributed by atoms with Crippen LogP contribution in [-0.2, 0) is 9.59 Å². The van der Waals surface area contributed by atoms with Crippen molar-refractivity contribution in [1.82, 2.24) is 0 Å². The molecule has 0 aromatic heterocycles. The molecule has 0 fully saturated rings. The molecule has 1 N–H and O–H groups in total. The average Bonchev–Trinajstić information content (AvgIpc) is 2.21. The highest BCUT2D eigenvalue weighted by molar-refractivity contribution is 5.66. The third kappa shape index (κ3) is 8.45. The lowest BCUT2D eigenvalue weighted by Crippen LogP contribution is -2.05. The van der Waals surface area contributed by atoms with Crippen LogP contribution < -0.4 is 0 Å². The summed E-state index contributed by atoms with van der Waals surface area (Å²) in [4.78, 5) is 20.8. The summed E-state index contributed by atoms with van der Waals surface area (Å²) in [6, 6.07) is 0. The van der Waals surface area contributed by atoms with E-state index >= 15 is 0 Å². The molecule has 0 rings (SSSR count). The van der Waals surface area contributed by atoms with Crippen LogP contribution >= 0.6 is 0 Å². The molecule has 2 unspecified atom stereocenters. The van der Waals surface area contributed by atoms with Gasteiger partial charge in [-0.15, -0.1) is 0 Å². The van der Waals surface area contributed by atoms with Gasteiger partial charge in [0, 0.05) is 12.8 Å². The summed E-state index contributed by atoms with van der Waals surface area (Å²) in [6.07, 6.45) is 7.25. The quantitative estimate of drug-likeness (QED) is 0.461. The number of rotatable bonds is 10. The van der Waals surface area contributed by atoms with Gasteiger partial charge in [-0.3, -0.25) is 4.79 Å². The smallest absolute Gasteiger partial charge is 0.303 e. The largest absolute Gasteiger partial charge is 0.481 e. The minimum atomic E-state index is -0.708. The number of hydrogen-bond donors (Lipinski definition) is 1. The van der Waals surface area contributed by atoms with Gasteiger partial charge < -0.3 is 9.90 Å². The summed E-state index contributed by atoms with van der Waals surface area (Å²) < 4.78 is 0. The number of hydrogen-bond acceptors (Lipinski definition) is 2. The van der Waals surface area contributed by atoms with Gasteiger partial charge in [0.2, 0.25) is 0 Å². The summed E-state index contributed by atoms with van der Waals surface area (Å²) in [6.45, 7) is 4.10. The fourth-order valence-electron chi connectivity index (χ4n) is 1.95. The zero-order chi connectivity index (χ0) is 12.4. The molecule has 0 bridgehead atoms. The zero-order valence-electron chi connectivity index (χ0n) is 10.4. The lowest BCUT2D eigenvalue weighted by Gasteiger charge is -2.12. The van der Waals surface area contributed by atoms with E-state index in [-0.39, 0.29) is 12.3 Å². The molecule has 0 aromatic rings. The molecule has 94 valence electrons. The van der Waals surface area contributed by atoms with E-state index in [0.29, 0.717) is 12.3 Å². The van der Waals surface area contributed by atoms with Gasteiger partial charge in [-0.25, -0.2) is 0 Å². The van der Waals surface area contributed by atoms with Crippen molar-refractivity contribution in [3.05, 3.63) is 0 Å². The summed E-state index contributed by atoms with van der Waals surface area (Å²) >= 11 is 0. The fraction of sp³-hybridized carbons (Fsp3) is 0.846. The zero-order valence-corrected chi connectivity index (χ0v) is 10.4. The SMILES string of the molecule is CCC(CC=O)CCCCC(C)CC(=O)O. The first-order valence-corrected chi connectivity index (χ1v) is 6.25. The second-order valence-corrected chi connectivity index (χ2v) is 4.66. The van der Waals surface area contributed by atoms with Crippen LogP contribution in [0, 0.1) is 11.8 Å². The van der Waals surface area contributed by atoms with E-state index in [4.69, 9.17) is 5.11 Å². The number of unbranched alkanes of at least 4 members (excludes halogenated alkanes) is 1. The number of aldehydes is 1. The highest BCUT2D eigenvalue weighted by Gasteiger charge is 2.08. The number of carbonyl (C=O) groups excluding carboxylic acids is 1. The molecular weight excluding hydrogens is 204 g/mol. The van der Waals surface area contributed by atoms with E-state index in [1.54, 1.807) is 0 Å². The minimum Gasteiger partial charge on any atom is -0.481 e. The molecule has 0 aliphatic carbocycles. The topological polar surface area (TPSA) is 54.4 Å². The summed E-state index contributed by atoms with van der Waals surface area (Å²) in [5.74, 6) is 0.0795. The van der Waals surface area contributed by atoms with E-state index in [9.17, 15) is 9.59 Å². The Morgan fingerprint density at radius 3 is 2.44 bits per heavy atom. The van der Waals surface area contributed by atoms with Crippen LogP contribution in [0.5, 0.6) is 0 Å². The Kier molecular flexibility index (Phi) is 8.87. The van der Waals surface area contributed by atoms with Crippen molar-refractivity contribution in [2.45, 2.75) is 58.8 Å². The van der Waals surface area contributed by atoms with Gasteiger partial charge >= 0.3 is 5.97 Å². The van der Waals surface area contributed by atoms with Crippen molar-refractivity contribution >= 4 is 12.3 Å². The normalized spacial score (nSPS) is 14.4. The molecule has 16 heavy (non-hydrogen) atoms. The summed E-state index contributed by atoms with van der Waals surface area (Å²) in [5.41, 5.74) is 0. The van der Waals surface area contributed by atoms with Gasteiger partial charge in [-0.1, -0.05) is 46.0 Å². The maximum absolute atomic E-state index is 10.4. The van der Waals surface area contributed by atoms with Crippen LogP contribution in [0.1, 0.15) is 58.8 Å². The van der Waals surface area contributed by atoms with Gasteiger partial charge in [0.15, 0.2) is 0 Å². The molecule has 0 heterocycles. The molecule has 3 heteroatoms. The van der Waals surface area contributed by atoms with Crippen molar-refractivity contribution in [1.29, 1.82) is 0 Å². The van der Waals surface area contributed by atoms with E-state index in [1.807, 2.05) is 6.92 Å². The maximum Gasteiger partial charge on any atom is 0.303 e. The lowest BCUT2D eigenvalue weighted by molar-refractivity contribution is -0.138. The van der Waals surface area contributed by atoms with E-state index in [1.165, 1.54) is 0 Å². The predicted molar refractivity (Wildman–Crippen MR) is 64.3 cm³/mol. The van der Waals surface area contributed by atoms with Crippen LogP contribution in [-0.4, -0.2) is 17.4 Å². The van der Waals surface area contributed by atoms with Crippen molar-refractivity contribution < 1.29 is 14.7 Å². The lowest BCUT2D eigenvalue weighted by atomic mass is 9.93. The Balaban J connectivity index is 3.50. The molecule has 0 aromatic carbocycles. The summed E-state index contributed by atoms with van der Waals surface area (Å²) in [5, 5.41) is 8.60. The molecule has 3 nitrogen and oxygen atoms in total. The fourth-order valence-corrected chi connectivity index (χ4v) is 1.95. The van der Waals surface area contributed by atoms with Crippen molar-refractivity contribution in [2.24, 2.45) is 11.8 Å². The molecule has 0 radical (unpaired) electrons. The van der Waals surface area contributed by atoms with Crippen LogP contribution in [0.3, 0.4) is 0 Å². The number of carboxylic acid groups (broad SMARTS) is 1. The molecule has 0 aliphatic heterocycles. The molecule has 0 amide bonds. The number of aliphatic carboxylic acids is 1. The molecule has 0 spiro atoms. The Morgan fingerprint density at radius 2 is 1.94 bits per heavy atom.